The van der Waals surface area contributed by atoms with Crippen LogP contribution >= 0.6 is 0 Å². The first kappa shape index (κ1) is 11.0. The highest BCUT2D eigenvalue weighted by Crippen LogP contribution is 2.38. The molecule has 1 atom stereocenters. The van der Waals surface area contributed by atoms with Gasteiger partial charge >= 0.3 is 0 Å². The van der Waals surface area contributed by atoms with Crippen molar-refractivity contribution < 1.29 is 10.2 Å². The lowest BCUT2D eigenvalue weighted by Crippen LogP contribution is -2.08. The number of hydrogen-bond acceptors (Lipinski definition) is 2. The number of rotatable bonds is 8. The van der Waals surface area contributed by atoms with E-state index in [0.29, 0.717) is 19.1 Å². The molecule has 0 aliphatic heterocycles. The van der Waals surface area contributed by atoms with Gasteiger partial charge in [-0.25, -0.2) is 0 Å². The highest BCUT2D eigenvalue weighted by atomic mass is 16.3. The summed E-state index contributed by atoms with van der Waals surface area (Å²) in [5.74, 6) is 1.41. The van der Waals surface area contributed by atoms with Crippen molar-refractivity contribution >= 4 is 0 Å². The minimum absolute atomic E-state index is 0.325. The summed E-state index contributed by atoms with van der Waals surface area (Å²) < 4.78 is 0. The Morgan fingerprint density at radius 3 is 2.23 bits per heavy atom. The zero-order valence-corrected chi connectivity index (χ0v) is 8.41. The lowest BCUT2D eigenvalue weighted by molar-refractivity contribution is 0.198. The van der Waals surface area contributed by atoms with Crippen molar-refractivity contribution in [3.8, 4) is 0 Å². The summed E-state index contributed by atoms with van der Waals surface area (Å²) in [6.45, 7) is 0.705. The van der Waals surface area contributed by atoms with Crippen molar-refractivity contribution in [1.29, 1.82) is 0 Å². The normalized spacial score (nSPS) is 18.9. The maximum atomic E-state index is 9.10. The largest absolute Gasteiger partial charge is 0.396 e. The summed E-state index contributed by atoms with van der Waals surface area (Å²) in [6.07, 6.45) is 8.37. The predicted octanol–water partition coefficient (Wildman–Crippen LogP) is 1.95. The molecule has 13 heavy (non-hydrogen) atoms. The molecule has 0 heterocycles. The Morgan fingerprint density at radius 1 is 1.00 bits per heavy atom. The minimum Gasteiger partial charge on any atom is -0.396 e. The van der Waals surface area contributed by atoms with Crippen LogP contribution < -0.4 is 0 Å². The van der Waals surface area contributed by atoms with E-state index >= 15 is 0 Å². The first-order chi connectivity index (χ1) is 6.38. The van der Waals surface area contributed by atoms with Crippen LogP contribution in [0.15, 0.2) is 0 Å². The monoisotopic (exact) mass is 186 g/mol. The Hall–Kier alpha value is -0.0800. The number of unbranched alkanes of at least 4 members (excludes halogenated alkanes) is 3. The molecule has 2 heteroatoms. The van der Waals surface area contributed by atoms with E-state index < -0.39 is 0 Å². The molecule has 1 saturated carbocycles. The molecular weight excluding hydrogens is 164 g/mol. The Labute approximate surface area is 81.0 Å². The number of aliphatic hydroxyl groups excluding tert-OH is 2. The predicted molar refractivity (Wildman–Crippen MR) is 53.5 cm³/mol. The standard InChI is InChI=1S/C11H22O2/c12-8-4-2-1-3-5-11(9-13)10-6-7-10/h10-13H,1-9H2. The van der Waals surface area contributed by atoms with Crippen molar-refractivity contribution in [2.24, 2.45) is 11.8 Å². The van der Waals surface area contributed by atoms with Crippen molar-refractivity contribution in [3.63, 3.8) is 0 Å². The molecule has 0 radical (unpaired) electrons. The van der Waals surface area contributed by atoms with Crippen molar-refractivity contribution in [3.05, 3.63) is 0 Å². The molecule has 0 spiro atoms. The summed E-state index contributed by atoms with van der Waals surface area (Å²) in [5, 5.41) is 17.7. The zero-order valence-electron chi connectivity index (χ0n) is 8.41. The molecule has 0 amide bonds. The van der Waals surface area contributed by atoms with E-state index in [1.54, 1.807) is 0 Å². The summed E-state index contributed by atoms with van der Waals surface area (Å²) >= 11 is 0. The third kappa shape index (κ3) is 4.63. The molecule has 1 rings (SSSR count). The number of aliphatic hydroxyl groups is 2. The average molecular weight is 186 g/mol. The summed E-state index contributed by atoms with van der Waals surface area (Å²) in [6, 6.07) is 0. The third-order valence-electron chi connectivity index (χ3n) is 3.01. The fourth-order valence-corrected chi connectivity index (χ4v) is 1.92. The number of hydrogen-bond donors (Lipinski definition) is 2. The van der Waals surface area contributed by atoms with Gasteiger partial charge in [-0.05, 0) is 37.5 Å². The topological polar surface area (TPSA) is 40.5 Å². The van der Waals surface area contributed by atoms with Gasteiger partial charge in [0.1, 0.15) is 0 Å². The Balaban J connectivity index is 1.90. The second-order valence-corrected chi connectivity index (χ2v) is 4.21. The Bertz CT molecular complexity index is 121. The van der Waals surface area contributed by atoms with E-state index in [0.717, 1.165) is 18.8 Å². The van der Waals surface area contributed by atoms with Gasteiger partial charge in [0.25, 0.3) is 0 Å². The van der Waals surface area contributed by atoms with Gasteiger partial charge in [-0.1, -0.05) is 19.3 Å². The first-order valence-corrected chi connectivity index (χ1v) is 5.60. The molecule has 1 aliphatic rings. The van der Waals surface area contributed by atoms with E-state index in [9.17, 15) is 0 Å². The van der Waals surface area contributed by atoms with Crippen LogP contribution in [-0.4, -0.2) is 23.4 Å². The Morgan fingerprint density at radius 2 is 1.69 bits per heavy atom. The van der Waals surface area contributed by atoms with Crippen LogP contribution in [0, 0.1) is 11.8 Å². The molecule has 0 aromatic carbocycles. The summed E-state index contributed by atoms with van der Waals surface area (Å²) in [7, 11) is 0. The molecule has 1 fully saturated rings. The zero-order chi connectivity index (χ0) is 9.52. The van der Waals surface area contributed by atoms with Crippen molar-refractivity contribution in [2.45, 2.75) is 44.9 Å². The van der Waals surface area contributed by atoms with Crippen LogP contribution in [0.5, 0.6) is 0 Å². The quantitative estimate of drug-likeness (QED) is 0.569. The van der Waals surface area contributed by atoms with Gasteiger partial charge in [0, 0.05) is 13.2 Å². The summed E-state index contributed by atoms with van der Waals surface area (Å²) in [5.41, 5.74) is 0. The van der Waals surface area contributed by atoms with Crippen molar-refractivity contribution in [2.75, 3.05) is 13.2 Å². The molecule has 1 aliphatic carbocycles. The fourth-order valence-electron chi connectivity index (χ4n) is 1.92. The average Bonchev–Trinajstić information content (AvgIpc) is 2.95. The van der Waals surface area contributed by atoms with Gasteiger partial charge in [0.05, 0.1) is 0 Å². The first-order valence-electron chi connectivity index (χ1n) is 5.60. The molecular formula is C11H22O2. The third-order valence-corrected chi connectivity index (χ3v) is 3.01. The lowest BCUT2D eigenvalue weighted by Gasteiger charge is -2.11. The minimum atomic E-state index is 0.325. The molecule has 0 aromatic rings. The highest BCUT2D eigenvalue weighted by molar-refractivity contribution is 4.80. The van der Waals surface area contributed by atoms with Crippen LogP contribution in [-0.2, 0) is 0 Å². The molecule has 78 valence electrons. The lowest BCUT2D eigenvalue weighted by atomic mass is 9.97. The van der Waals surface area contributed by atoms with Crippen LogP contribution in [0.3, 0.4) is 0 Å². The highest BCUT2D eigenvalue weighted by Gasteiger charge is 2.29. The van der Waals surface area contributed by atoms with Gasteiger partial charge in [-0.2, -0.15) is 0 Å². The molecule has 2 N–H and O–H groups in total. The van der Waals surface area contributed by atoms with E-state index in [4.69, 9.17) is 10.2 Å². The summed E-state index contributed by atoms with van der Waals surface area (Å²) in [4.78, 5) is 0. The molecule has 1 unspecified atom stereocenters. The van der Waals surface area contributed by atoms with Gasteiger partial charge in [-0.3, -0.25) is 0 Å². The maximum absolute atomic E-state index is 9.10. The second kappa shape index (κ2) is 6.39. The van der Waals surface area contributed by atoms with Crippen LogP contribution in [0.2, 0.25) is 0 Å². The van der Waals surface area contributed by atoms with Gasteiger partial charge < -0.3 is 10.2 Å². The molecule has 2 nitrogen and oxygen atoms in total. The van der Waals surface area contributed by atoms with E-state index in [1.165, 1.54) is 32.1 Å². The van der Waals surface area contributed by atoms with Crippen LogP contribution in [0.1, 0.15) is 44.9 Å². The van der Waals surface area contributed by atoms with E-state index in [2.05, 4.69) is 0 Å². The van der Waals surface area contributed by atoms with Gasteiger partial charge in [-0.15, -0.1) is 0 Å². The van der Waals surface area contributed by atoms with Gasteiger partial charge in [0.15, 0.2) is 0 Å². The van der Waals surface area contributed by atoms with E-state index in [1.807, 2.05) is 0 Å². The Kier molecular flexibility index (Phi) is 5.40. The second-order valence-electron chi connectivity index (χ2n) is 4.21. The van der Waals surface area contributed by atoms with E-state index in [-0.39, 0.29) is 0 Å². The molecule has 0 saturated heterocycles. The molecule has 0 aromatic heterocycles. The molecule has 0 bridgehead atoms. The van der Waals surface area contributed by atoms with Crippen LogP contribution in [0.25, 0.3) is 0 Å². The smallest absolute Gasteiger partial charge is 0.0461 e. The maximum Gasteiger partial charge on any atom is 0.0461 e. The van der Waals surface area contributed by atoms with Crippen molar-refractivity contribution in [1.82, 2.24) is 0 Å². The fraction of sp³-hybridized carbons (Fsp3) is 1.00. The SMILES string of the molecule is OCCCCCCC(CO)C1CC1. The van der Waals surface area contributed by atoms with Crippen LogP contribution in [0.4, 0.5) is 0 Å². The van der Waals surface area contributed by atoms with Gasteiger partial charge in [0.2, 0.25) is 0 Å².